The number of aliphatic imine (C=N–C) groups is 1. The van der Waals surface area contributed by atoms with E-state index in [2.05, 4.69) is 46.8 Å². The van der Waals surface area contributed by atoms with E-state index in [0.29, 0.717) is 5.96 Å². The summed E-state index contributed by atoms with van der Waals surface area (Å²) in [6.45, 7) is 3.04. The zero-order chi connectivity index (χ0) is 18.1. The van der Waals surface area contributed by atoms with E-state index in [9.17, 15) is 4.79 Å². The van der Waals surface area contributed by atoms with Crippen molar-refractivity contribution in [3.8, 4) is 0 Å². The van der Waals surface area contributed by atoms with Gasteiger partial charge in [-0.3, -0.25) is 9.79 Å². The van der Waals surface area contributed by atoms with Crippen LogP contribution in [0.4, 0.5) is 5.69 Å². The molecule has 5 nitrogen and oxygen atoms in total. The van der Waals surface area contributed by atoms with Crippen LogP contribution in [0.1, 0.15) is 18.1 Å². The molecule has 0 saturated heterocycles. The second-order valence-electron chi connectivity index (χ2n) is 5.84. The zero-order valence-electron chi connectivity index (χ0n) is 15.1. The molecule has 132 valence electrons. The minimum atomic E-state index is -0.104. The van der Waals surface area contributed by atoms with Crippen LogP contribution in [0.2, 0.25) is 0 Å². The Balaban J connectivity index is 1.85. The van der Waals surface area contributed by atoms with E-state index in [4.69, 9.17) is 0 Å². The SMILES string of the molecule is CCc1ccc(CN(C)C(=NC)NCC(=O)Nc2ccccc2)cc1. The number of anilines is 1. The first-order chi connectivity index (χ1) is 12.1. The van der Waals surface area contributed by atoms with Gasteiger partial charge < -0.3 is 15.5 Å². The van der Waals surface area contributed by atoms with Gasteiger partial charge in [0.25, 0.3) is 0 Å². The summed E-state index contributed by atoms with van der Waals surface area (Å²) in [4.78, 5) is 18.3. The smallest absolute Gasteiger partial charge is 0.243 e. The van der Waals surface area contributed by atoms with Crippen molar-refractivity contribution in [1.29, 1.82) is 0 Å². The van der Waals surface area contributed by atoms with Crippen LogP contribution in [-0.4, -0.2) is 37.4 Å². The molecule has 5 heteroatoms. The third kappa shape index (κ3) is 5.95. The fraction of sp³-hybridized carbons (Fsp3) is 0.300. The molecule has 0 fully saturated rings. The van der Waals surface area contributed by atoms with Crippen LogP contribution in [-0.2, 0) is 17.8 Å². The van der Waals surface area contributed by atoms with Gasteiger partial charge in [0.05, 0.1) is 6.54 Å². The summed E-state index contributed by atoms with van der Waals surface area (Å²) in [6.07, 6.45) is 1.04. The molecular formula is C20H26N4O. The number of para-hydroxylation sites is 1. The highest BCUT2D eigenvalue weighted by atomic mass is 16.1. The van der Waals surface area contributed by atoms with Gasteiger partial charge in [0.2, 0.25) is 5.91 Å². The summed E-state index contributed by atoms with van der Waals surface area (Å²) in [5.74, 6) is 0.579. The molecular weight excluding hydrogens is 312 g/mol. The quantitative estimate of drug-likeness (QED) is 0.629. The molecule has 25 heavy (non-hydrogen) atoms. The second-order valence-corrected chi connectivity index (χ2v) is 5.84. The minimum Gasteiger partial charge on any atom is -0.347 e. The van der Waals surface area contributed by atoms with Gasteiger partial charge in [-0.2, -0.15) is 0 Å². The molecule has 2 aromatic rings. The zero-order valence-corrected chi connectivity index (χ0v) is 15.1. The van der Waals surface area contributed by atoms with Crippen LogP contribution in [0.3, 0.4) is 0 Å². The number of rotatable bonds is 6. The molecule has 0 aliphatic carbocycles. The number of carbonyl (C=O) groups is 1. The highest BCUT2D eigenvalue weighted by Gasteiger charge is 2.09. The summed E-state index contributed by atoms with van der Waals surface area (Å²) in [5, 5.41) is 5.94. The van der Waals surface area contributed by atoms with E-state index in [-0.39, 0.29) is 12.5 Å². The normalized spacial score (nSPS) is 11.1. The number of nitrogens with zero attached hydrogens (tertiary/aromatic N) is 2. The van der Waals surface area contributed by atoms with Crippen molar-refractivity contribution in [2.24, 2.45) is 4.99 Å². The molecule has 0 unspecified atom stereocenters. The Kier molecular flexibility index (Phi) is 7.01. The molecule has 1 amide bonds. The van der Waals surface area contributed by atoms with E-state index in [1.54, 1.807) is 7.05 Å². The molecule has 0 aliphatic rings. The minimum absolute atomic E-state index is 0.104. The fourth-order valence-electron chi connectivity index (χ4n) is 2.50. The average Bonchev–Trinajstić information content (AvgIpc) is 2.63. The Morgan fingerprint density at radius 3 is 2.28 bits per heavy atom. The summed E-state index contributed by atoms with van der Waals surface area (Å²) in [7, 11) is 3.67. The summed E-state index contributed by atoms with van der Waals surface area (Å²) in [6, 6.07) is 18.0. The van der Waals surface area contributed by atoms with Gasteiger partial charge in [-0.25, -0.2) is 0 Å². The molecule has 0 saturated carbocycles. The van der Waals surface area contributed by atoms with Gasteiger partial charge in [-0.05, 0) is 29.7 Å². The molecule has 0 aromatic heterocycles. The van der Waals surface area contributed by atoms with Crippen LogP contribution in [0.5, 0.6) is 0 Å². The first kappa shape index (κ1) is 18.5. The lowest BCUT2D eigenvalue weighted by Crippen LogP contribution is -2.42. The standard InChI is InChI=1S/C20H26N4O/c1-4-16-10-12-17(13-11-16)15-24(3)20(21-2)22-14-19(25)23-18-8-6-5-7-9-18/h5-13H,4,14-15H2,1-3H3,(H,21,22)(H,23,25). The first-order valence-electron chi connectivity index (χ1n) is 8.47. The van der Waals surface area contributed by atoms with Gasteiger partial charge in [0.15, 0.2) is 5.96 Å². The Hall–Kier alpha value is -2.82. The number of amides is 1. The molecule has 2 N–H and O–H groups in total. The van der Waals surface area contributed by atoms with Crippen LogP contribution in [0.25, 0.3) is 0 Å². The molecule has 0 heterocycles. The molecule has 0 atom stereocenters. The Morgan fingerprint density at radius 2 is 1.68 bits per heavy atom. The lowest BCUT2D eigenvalue weighted by atomic mass is 10.1. The number of carbonyl (C=O) groups excluding carboxylic acids is 1. The molecule has 0 radical (unpaired) electrons. The van der Waals surface area contributed by atoms with E-state index in [0.717, 1.165) is 18.7 Å². The van der Waals surface area contributed by atoms with E-state index >= 15 is 0 Å². The monoisotopic (exact) mass is 338 g/mol. The molecule has 2 aromatic carbocycles. The van der Waals surface area contributed by atoms with Crippen LogP contribution < -0.4 is 10.6 Å². The number of guanidine groups is 1. The second kappa shape index (κ2) is 9.47. The molecule has 0 spiro atoms. The topological polar surface area (TPSA) is 56.7 Å². The number of nitrogens with one attached hydrogen (secondary N) is 2. The summed E-state index contributed by atoms with van der Waals surface area (Å²) < 4.78 is 0. The highest BCUT2D eigenvalue weighted by molar-refractivity contribution is 5.94. The highest BCUT2D eigenvalue weighted by Crippen LogP contribution is 2.08. The predicted octanol–water partition coefficient (Wildman–Crippen LogP) is 2.89. The lowest BCUT2D eigenvalue weighted by Gasteiger charge is -2.22. The fourth-order valence-corrected chi connectivity index (χ4v) is 2.50. The van der Waals surface area contributed by atoms with Crippen molar-refractivity contribution < 1.29 is 4.79 Å². The van der Waals surface area contributed by atoms with Gasteiger partial charge in [-0.1, -0.05) is 49.4 Å². The maximum atomic E-state index is 12.0. The Morgan fingerprint density at radius 1 is 1.04 bits per heavy atom. The molecule has 0 bridgehead atoms. The van der Waals surface area contributed by atoms with E-state index < -0.39 is 0 Å². The summed E-state index contributed by atoms with van der Waals surface area (Å²) in [5.41, 5.74) is 3.32. The van der Waals surface area contributed by atoms with E-state index in [1.165, 1.54) is 11.1 Å². The summed E-state index contributed by atoms with van der Waals surface area (Å²) >= 11 is 0. The Bertz CT molecular complexity index is 695. The third-order valence-corrected chi connectivity index (χ3v) is 3.89. The lowest BCUT2D eigenvalue weighted by molar-refractivity contribution is -0.115. The van der Waals surface area contributed by atoms with Crippen molar-refractivity contribution in [2.75, 3.05) is 26.0 Å². The van der Waals surface area contributed by atoms with Gasteiger partial charge >= 0.3 is 0 Å². The Labute approximate surface area is 149 Å². The van der Waals surface area contributed by atoms with Gasteiger partial charge in [0, 0.05) is 26.3 Å². The van der Waals surface area contributed by atoms with Crippen LogP contribution in [0.15, 0.2) is 59.6 Å². The number of aryl methyl sites for hydroxylation is 1. The number of hydrogen-bond donors (Lipinski definition) is 2. The van der Waals surface area contributed by atoms with Crippen LogP contribution >= 0.6 is 0 Å². The third-order valence-electron chi connectivity index (χ3n) is 3.89. The predicted molar refractivity (Wildman–Crippen MR) is 104 cm³/mol. The van der Waals surface area contributed by atoms with Crippen LogP contribution in [0, 0.1) is 0 Å². The van der Waals surface area contributed by atoms with Crippen molar-refractivity contribution in [3.63, 3.8) is 0 Å². The maximum absolute atomic E-state index is 12.0. The average molecular weight is 338 g/mol. The van der Waals surface area contributed by atoms with Crippen molar-refractivity contribution in [2.45, 2.75) is 19.9 Å². The van der Waals surface area contributed by atoms with Crippen molar-refractivity contribution in [1.82, 2.24) is 10.2 Å². The molecule has 2 rings (SSSR count). The van der Waals surface area contributed by atoms with Gasteiger partial charge in [-0.15, -0.1) is 0 Å². The first-order valence-corrected chi connectivity index (χ1v) is 8.47. The maximum Gasteiger partial charge on any atom is 0.243 e. The van der Waals surface area contributed by atoms with Crippen molar-refractivity contribution in [3.05, 3.63) is 65.7 Å². The number of benzene rings is 2. The van der Waals surface area contributed by atoms with E-state index in [1.807, 2.05) is 42.3 Å². The number of hydrogen-bond acceptors (Lipinski definition) is 2. The molecule has 0 aliphatic heterocycles. The van der Waals surface area contributed by atoms with Gasteiger partial charge in [0.1, 0.15) is 0 Å². The largest absolute Gasteiger partial charge is 0.347 e. The van der Waals surface area contributed by atoms with Crippen molar-refractivity contribution >= 4 is 17.6 Å².